The number of thiazole rings is 1. The molecule has 2 heterocycles. The van der Waals surface area contributed by atoms with Crippen LogP contribution < -0.4 is 5.73 Å². The molecule has 1 aromatic rings. The summed E-state index contributed by atoms with van der Waals surface area (Å²) in [5, 5.41) is 2.14. The van der Waals surface area contributed by atoms with Crippen molar-refractivity contribution in [3.05, 3.63) is 16.6 Å². The molecule has 0 bridgehead atoms. The topological polar surface area (TPSA) is 42.1 Å². The van der Waals surface area contributed by atoms with E-state index in [0.29, 0.717) is 18.0 Å². The van der Waals surface area contributed by atoms with Crippen molar-refractivity contribution in [2.24, 2.45) is 11.7 Å². The Kier molecular flexibility index (Phi) is 3.95. The van der Waals surface area contributed by atoms with Gasteiger partial charge in [-0.1, -0.05) is 6.92 Å². The van der Waals surface area contributed by atoms with Crippen molar-refractivity contribution in [2.75, 3.05) is 13.1 Å². The molecular weight excluding hydrogens is 218 g/mol. The number of nitrogens with two attached hydrogens (primary N) is 1. The molecule has 3 unspecified atom stereocenters. The number of nitrogens with zero attached hydrogens (tertiary/aromatic N) is 2. The quantitative estimate of drug-likeness (QED) is 0.873. The molecule has 2 rings (SSSR count). The van der Waals surface area contributed by atoms with E-state index in [9.17, 15) is 0 Å². The predicted molar refractivity (Wildman–Crippen MR) is 68.6 cm³/mol. The maximum absolute atomic E-state index is 6.08. The van der Waals surface area contributed by atoms with Gasteiger partial charge in [0.1, 0.15) is 0 Å². The second-order valence-electron chi connectivity index (χ2n) is 4.82. The molecule has 0 aromatic carbocycles. The van der Waals surface area contributed by atoms with Crippen LogP contribution in [0, 0.1) is 5.92 Å². The van der Waals surface area contributed by atoms with Crippen molar-refractivity contribution in [1.82, 2.24) is 9.88 Å². The number of hydrogen-bond acceptors (Lipinski definition) is 4. The third kappa shape index (κ3) is 2.62. The minimum Gasteiger partial charge on any atom is -0.327 e. The minimum absolute atomic E-state index is 0.380. The maximum atomic E-state index is 6.08. The fraction of sp³-hybridized carbons (Fsp3) is 0.750. The summed E-state index contributed by atoms with van der Waals surface area (Å²) >= 11 is 1.68. The lowest BCUT2D eigenvalue weighted by Gasteiger charge is -2.41. The summed E-state index contributed by atoms with van der Waals surface area (Å²) in [5.74, 6) is 0.601. The summed E-state index contributed by atoms with van der Waals surface area (Å²) in [7, 11) is 0. The zero-order valence-corrected chi connectivity index (χ0v) is 10.9. The van der Waals surface area contributed by atoms with E-state index in [1.807, 2.05) is 5.51 Å². The first-order valence-electron chi connectivity index (χ1n) is 6.05. The average Bonchev–Trinajstić information content (AvgIpc) is 2.78. The Labute approximate surface area is 102 Å². The zero-order valence-electron chi connectivity index (χ0n) is 10.1. The molecule has 4 heteroatoms. The lowest BCUT2D eigenvalue weighted by Crippen LogP contribution is -2.52. The first-order chi connectivity index (χ1) is 7.68. The summed E-state index contributed by atoms with van der Waals surface area (Å²) in [6, 6.07) is 0.980. The van der Waals surface area contributed by atoms with Gasteiger partial charge in [0.25, 0.3) is 0 Å². The highest BCUT2D eigenvalue weighted by Crippen LogP contribution is 2.22. The fourth-order valence-electron chi connectivity index (χ4n) is 2.41. The average molecular weight is 239 g/mol. The van der Waals surface area contributed by atoms with Gasteiger partial charge in [-0.2, -0.15) is 0 Å². The molecular formula is C12H21N3S. The minimum atomic E-state index is 0.380. The van der Waals surface area contributed by atoms with E-state index in [4.69, 9.17) is 5.73 Å². The van der Waals surface area contributed by atoms with Crippen molar-refractivity contribution < 1.29 is 0 Å². The van der Waals surface area contributed by atoms with Crippen molar-refractivity contribution >= 4 is 11.3 Å². The van der Waals surface area contributed by atoms with Crippen LogP contribution in [0.15, 0.2) is 10.9 Å². The number of aromatic nitrogens is 1. The van der Waals surface area contributed by atoms with Gasteiger partial charge in [0, 0.05) is 30.4 Å². The predicted octanol–water partition coefficient (Wildman–Crippen LogP) is 1.74. The molecule has 1 fully saturated rings. The van der Waals surface area contributed by atoms with Crippen LogP contribution in [0.4, 0.5) is 0 Å². The second-order valence-corrected chi connectivity index (χ2v) is 5.54. The third-order valence-electron chi connectivity index (χ3n) is 3.90. The van der Waals surface area contributed by atoms with E-state index in [2.05, 4.69) is 29.1 Å². The Morgan fingerprint density at radius 1 is 1.56 bits per heavy atom. The van der Waals surface area contributed by atoms with Crippen LogP contribution in [-0.4, -0.2) is 35.1 Å². The Balaban J connectivity index is 1.86. The molecule has 1 aromatic heterocycles. The summed E-state index contributed by atoms with van der Waals surface area (Å²) in [6.45, 7) is 6.81. The number of likely N-dealkylation sites (tertiary alicyclic amines) is 1. The monoisotopic (exact) mass is 239 g/mol. The van der Waals surface area contributed by atoms with Crippen molar-refractivity contribution in [3.63, 3.8) is 0 Å². The molecule has 0 radical (unpaired) electrons. The van der Waals surface area contributed by atoms with Gasteiger partial charge in [-0.3, -0.25) is 4.90 Å². The fourth-order valence-corrected chi connectivity index (χ4v) is 3.00. The standard InChI is InChI=1S/C12H21N3S/c1-9-10(2)15(6-4-12(9)13)5-3-11-7-16-8-14-11/h7-10,12H,3-6,13H2,1-2H3. The molecule has 0 saturated carbocycles. The molecule has 1 saturated heterocycles. The van der Waals surface area contributed by atoms with Gasteiger partial charge in [-0.05, 0) is 25.8 Å². The van der Waals surface area contributed by atoms with Crippen LogP contribution in [0.25, 0.3) is 0 Å². The summed E-state index contributed by atoms with van der Waals surface area (Å²) < 4.78 is 0. The maximum Gasteiger partial charge on any atom is 0.0794 e. The smallest absolute Gasteiger partial charge is 0.0794 e. The van der Waals surface area contributed by atoms with Gasteiger partial charge in [0.2, 0.25) is 0 Å². The van der Waals surface area contributed by atoms with E-state index in [1.165, 1.54) is 5.69 Å². The van der Waals surface area contributed by atoms with Gasteiger partial charge in [-0.25, -0.2) is 4.98 Å². The van der Waals surface area contributed by atoms with Gasteiger partial charge in [0.15, 0.2) is 0 Å². The van der Waals surface area contributed by atoms with Gasteiger partial charge < -0.3 is 5.73 Å². The Hall–Kier alpha value is -0.450. The summed E-state index contributed by atoms with van der Waals surface area (Å²) in [6.07, 6.45) is 2.19. The molecule has 16 heavy (non-hydrogen) atoms. The largest absolute Gasteiger partial charge is 0.327 e. The van der Waals surface area contributed by atoms with Crippen LogP contribution in [0.2, 0.25) is 0 Å². The molecule has 0 amide bonds. The van der Waals surface area contributed by atoms with Crippen LogP contribution in [0.5, 0.6) is 0 Å². The van der Waals surface area contributed by atoms with Crippen molar-refractivity contribution in [2.45, 2.75) is 38.8 Å². The van der Waals surface area contributed by atoms with E-state index < -0.39 is 0 Å². The number of piperidine rings is 1. The van der Waals surface area contributed by atoms with E-state index in [1.54, 1.807) is 11.3 Å². The Morgan fingerprint density at radius 3 is 3.06 bits per heavy atom. The molecule has 1 aliphatic heterocycles. The normalized spacial score (nSPS) is 31.8. The van der Waals surface area contributed by atoms with E-state index in [-0.39, 0.29) is 0 Å². The first kappa shape index (κ1) is 12.0. The Morgan fingerprint density at radius 2 is 2.38 bits per heavy atom. The Bertz CT molecular complexity index is 312. The highest BCUT2D eigenvalue weighted by molar-refractivity contribution is 7.07. The van der Waals surface area contributed by atoms with Crippen LogP contribution in [-0.2, 0) is 6.42 Å². The lowest BCUT2D eigenvalue weighted by molar-refractivity contribution is 0.0990. The molecule has 0 aliphatic carbocycles. The second kappa shape index (κ2) is 5.25. The number of hydrogen-bond donors (Lipinski definition) is 1. The van der Waals surface area contributed by atoms with Crippen LogP contribution >= 0.6 is 11.3 Å². The molecule has 2 N–H and O–H groups in total. The summed E-state index contributed by atoms with van der Waals surface area (Å²) in [4.78, 5) is 6.88. The lowest BCUT2D eigenvalue weighted by atomic mass is 9.87. The van der Waals surface area contributed by atoms with Gasteiger partial charge in [0.05, 0.1) is 11.2 Å². The van der Waals surface area contributed by atoms with Crippen LogP contribution in [0.1, 0.15) is 26.0 Å². The molecule has 3 nitrogen and oxygen atoms in total. The van der Waals surface area contributed by atoms with E-state index in [0.717, 1.165) is 25.9 Å². The first-order valence-corrected chi connectivity index (χ1v) is 6.99. The van der Waals surface area contributed by atoms with E-state index >= 15 is 0 Å². The molecule has 0 spiro atoms. The van der Waals surface area contributed by atoms with Gasteiger partial charge >= 0.3 is 0 Å². The SMILES string of the molecule is CC1C(N)CCN(CCc2cscn2)C1C. The van der Waals surface area contributed by atoms with Crippen molar-refractivity contribution in [1.29, 1.82) is 0 Å². The highest BCUT2D eigenvalue weighted by atomic mass is 32.1. The highest BCUT2D eigenvalue weighted by Gasteiger charge is 2.29. The van der Waals surface area contributed by atoms with Crippen LogP contribution in [0.3, 0.4) is 0 Å². The third-order valence-corrected chi connectivity index (χ3v) is 4.54. The molecule has 90 valence electrons. The zero-order chi connectivity index (χ0) is 11.5. The molecule has 1 aliphatic rings. The summed E-state index contributed by atoms with van der Waals surface area (Å²) in [5.41, 5.74) is 9.22. The van der Waals surface area contributed by atoms with Crippen molar-refractivity contribution in [3.8, 4) is 0 Å². The molecule has 3 atom stereocenters. The van der Waals surface area contributed by atoms with Gasteiger partial charge in [-0.15, -0.1) is 11.3 Å². The number of rotatable bonds is 3.